The van der Waals surface area contributed by atoms with E-state index in [9.17, 15) is 0 Å². The van der Waals surface area contributed by atoms with Gasteiger partial charge in [-0.05, 0) is 55.0 Å². The summed E-state index contributed by atoms with van der Waals surface area (Å²) in [7, 11) is -1.44. The smallest absolute Gasteiger partial charge is 0.184 e. The van der Waals surface area contributed by atoms with Crippen LogP contribution in [0.15, 0.2) is 10.2 Å². The molecule has 1 aliphatic carbocycles. The normalized spacial score (nSPS) is 31.4. The number of halogens is 1. The molecule has 2 unspecified atom stereocenters. The van der Waals surface area contributed by atoms with Crippen molar-refractivity contribution in [3.05, 3.63) is 10.2 Å². The molecular weight excluding hydrogens is 327 g/mol. The molecule has 16 heavy (non-hydrogen) atoms. The van der Waals surface area contributed by atoms with Gasteiger partial charge in [-0.25, -0.2) is 0 Å². The molecule has 2 atom stereocenters. The zero-order chi connectivity index (χ0) is 12.2. The maximum Gasteiger partial charge on any atom is 0.184 e. The van der Waals surface area contributed by atoms with Crippen LogP contribution >= 0.6 is 22.6 Å². The molecular formula is C13H25IOSi. The monoisotopic (exact) mass is 352 g/mol. The van der Waals surface area contributed by atoms with Crippen LogP contribution < -0.4 is 0 Å². The van der Waals surface area contributed by atoms with Gasteiger partial charge in [0, 0.05) is 0 Å². The maximum atomic E-state index is 6.45. The fourth-order valence-electron chi connectivity index (χ4n) is 2.80. The molecule has 3 heteroatoms. The van der Waals surface area contributed by atoms with Crippen molar-refractivity contribution in [1.82, 2.24) is 0 Å². The van der Waals surface area contributed by atoms with Crippen LogP contribution in [0.25, 0.3) is 0 Å². The Morgan fingerprint density at radius 3 is 2.62 bits per heavy atom. The third-order valence-corrected chi connectivity index (χ3v) is 4.56. The first-order valence-corrected chi connectivity index (χ1v) is 11.0. The molecule has 1 aliphatic rings. The molecule has 0 heterocycles. The lowest BCUT2D eigenvalue weighted by atomic mass is 9.98. The van der Waals surface area contributed by atoms with E-state index in [1.54, 1.807) is 0 Å². The van der Waals surface area contributed by atoms with E-state index in [0.717, 1.165) is 5.92 Å². The fraction of sp³-hybridized carbons (Fsp3) is 0.846. The topological polar surface area (TPSA) is 9.23 Å². The van der Waals surface area contributed by atoms with Crippen molar-refractivity contribution < 1.29 is 4.43 Å². The van der Waals surface area contributed by atoms with Crippen molar-refractivity contribution >= 4 is 30.9 Å². The predicted molar refractivity (Wildman–Crippen MR) is 82.6 cm³/mol. The van der Waals surface area contributed by atoms with E-state index in [1.807, 2.05) is 0 Å². The molecule has 0 bridgehead atoms. The van der Waals surface area contributed by atoms with Crippen molar-refractivity contribution in [2.75, 3.05) is 0 Å². The summed E-state index contributed by atoms with van der Waals surface area (Å²) in [5, 5.41) is 0. The molecule has 0 amide bonds. The van der Waals surface area contributed by atoms with Crippen LogP contribution in [0.1, 0.15) is 39.0 Å². The molecule has 0 N–H and O–H groups in total. The minimum absolute atomic E-state index is 0.0749. The van der Waals surface area contributed by atoms with Crippen molar-refractivity contribution in [1.29, 1.82) is 0 Å². The predicted octanol–water partition coefficient (Wildman–Crippen LogP) is 5.13. The van der Waals surface area contributed by atoms with Crippen LogP contribution in [0.5, 0.6) is 0 Å². The summed E-state index contributed by atoms with van der Waals surface area (Å²) < 4.78 is 8.60. The Morgan fingerprint density at radius 2 is 2.12 bits per heavy atom. The van der Waals surface area contributed by atoms with Crippen LogP contribution in [-0.2, 0) is 4.43 Å². The Labute approximate surface area is 115 Å². The summed E-state index contributed by atoms with van der Waals surface area (Å²) in [6.07, 6.45) is 8.79. The molecule has 0 spiro atoms. The zero-order valence-corrected chi connectivity index (χ0v) is 14.2. The quantitative estimate of drug-likeness (QED) is 0.493. The van der Waals surface area contributed by atoms with Gasteiger partial charge in [-0.1, -0.05) is 42.4 Å². The Bertz CT molecular complexity index is 247. The van der Waals surface area contributed by atoms with Crippen molar-refractivity contribution in [3.63, 3.8) is 0 Å². The maximum absolute atomic E-state index is 6.45. The lowest BCUT2D eigenvalue weighted by molar-refractivity contribution is 0.114. The number of hydrogen-bond donors (Lipinski definition) is 0. The SMILES string of the molecule is CCCC1CCC(C=CI)(O[Si](C)(C)C)C1. The van der Waals surface area contributed by atoms with Crippen LogP contribution in [0, 0.1) is 5.92 Å². The van der Waals surface area contributed by atoms with Crippen LogP contribution in [-0.4, -0.2) is 13.9 Å². The highest BCUT2D eigenvalue weighted by atomic mass is 127. The summed E-state index contributed by atoms with van der Waals surface area (Å²) in [6, 6.07) is 0. The molecule has 1 nitrogen and oxygen atoms in total. The van der Waals surface area contributed by atoms with Crippen molar-refractivity contribution in [2.24, 2.45) is 5.92 Å². The highest BCUT2D eigenvalue weighted by Crippen LogP contribution is 2.42. The van der Waals surface area contributed by atoms with E-state index >= 15 is 0 Å². The first-order valence-electron chi connectivity index (χ1n) is 6.39. The van der Waals surface area contributed by atoms with Gasteiger partial charge in [0.25, 0.3) is 0 Å². The third-order valence-electron chi connectivity index (χ3n) is 3.18. The van der Waals surface area contributed by atoms with E-state index in [-0.39, 0.29) is 5.60 Å². The summed E-state index contributed by atoms with van der Waals surface area (Å²) in [4.78, 5) is 0. The molecule has 0 aliphatic heterocycles. The summed E-state index contributed by atoms with van der Waals surface area (Å²) in [5.74, 6) is 0.883. The third kappa shape index (κ3) is 4.49. The van der Waals surface area contributed by atoms with Crippen LogP contribution in [0.4, 0.5) is 0 Å². The highest BCUT2D eigenvalue weighted by Gasteiger charge is 2.40. The Morgan fingerprint density at radius 1 is 1.44 bits per heavy atom. The second-order valence-corrected chi connectivity index (χ2v) is 11.1. The van der Waals surface area contributed by atoms with E-state index in [4.69, 9.17) is 4.43 Å². The van der Waals surface area contributed by atoms with Crippen LogP contribution in [0.3, 0.4) is 0 Å². The molecule has 0 aromatic carbocycles. The summed E-state index contributed by atoms with van der Waals surface area (Å²) in [6.45, 7) is 9.17. The van der Waals surface area contributed by atoms with Gasteiger partial charge in [0.05, 0.1) is 5.60 Å². The Balaban J connectivity index is 2.69. The van der Waals surface area contributed by atoms with E-state index in [0.29, 0.717) is 0 Å². The summed E-state index contributed by atoms with van der Waals surface area (Å²) in [5.41, 5.74) is 0.0749. The minimum Gasteiger partial charge on any atom is -0.409 e. The average molecular weight is 352 g/mol. The van der Waals surface area contributed by atoms with Gasteiger partial charge >= 0.3 is 0 Å². The van der Waals surface area contributed by atoms with Gasteiger partial charge in [0.1, 0.15) is 0 Å². The molecule has 0 aromatic heterocycles. The molecule has 0 radical (unpaired) electrons. The van der Waals surface area contributed by atoms with Gasteiger partial charge in [-0.15, -0.1) is 0 Å². The van der Waals surface area contributed by atoms with Gasteiger partial charge in [0.15, 0.2) is 8.32 Å². The molecule has 0 aromatic rings. The average Bonchev–Trinajstić information content (AvgIpc) is 2.47. The van der Waals surface area contributed by atoms with E-state index < -0.39 is 8.32 Å². The first-order chi connectivity index (χ1) is 7.41. The van der Waals surface area contributed by atoms with Crippen LogP contribution in [0.2, 0.25) is 19.6 Å². The van der Waals surface area contributed by atoms with Crippen molar-refractivity contribution in [2.45, 2.75) is 64.3 Å². The standard InChI is InChI=1S/C13H25IOSi/c1-5-6-12-7-8-13(11-12,9-10-14)15-16(2,3)4/h9-10,12H,5-8,11H2,1-4H3. The van der Waals surface area contributed by atoms with E-state index in [2.05, 4.69) is 59.3 Å². The highest BCUT2D eigenvalue weighted by molar-refractivity contribution is 14.1. The molecule has 0 saturated heterocycles. The lowest BCUT2D eigenvalue weighted by Crippen LogP contribution is -2.39. The second kappa shape index (κ2) is 6.00. The number of hydrogen-bond acceptors (Lipinski definition) is 1. The molecule has 1 saturated carbocycles. The largest absolute Gasteiger partial charge is 0.409 e. The second-order valence-electron chi connectivity index (χ2n) is 5.97. The molecule has 94 valence electrons. The molecule has 1 rings (SSSR count). The van der Waals surface area contributed by atoms with E-state index in [1.165, 1.54) is 32.1 Å². The molecule has 1 fully saturated rings. The minimum atomic E-state index is -1.44. The van der Waals surface area contributed by atoms with Gasteiger partial charge in [-0.3, -0.25) is 0 Å². The van der Waals surface area contributed by atoms with Gasteiger partial charge in [0.2, 0.25) is 0 Å². The lowest BCUT2D eigenvalue weighted by Gasteiger charge is -2.34. The number of rotatable bonds is 5. The first kappa shape index (κ1) is 14.7. The Kier molecular flexibility index (Phi) is 5.52. The summed E-state index contributed by atoms with van der Waals surface area (Å²) >= 11 is 2.32. The van der Waals surface area contributed by atoms with Gasteiger partial charge in [-0.2, -0.15) is 0 Å². The fourth-order valence-corrected chi connectivity index (χ4v) is 4.93. The van der Waals surface area contributed by atoms with Crippen molar-refractivity contribution in [3.8, 4) is 0 Å². The zero-order valence-electron chi connectivity index (χ0n) is 11.1. The van der Waals surface area contributed by atoms with Gasteiger partial charge < -0.3 is 4.43 Å². The Hall–Kier alpha value is 0.647.